The van der Waals surface area contributed by atoms with Crippen LogP contribution in [-0.2, 0) is 18.0 Å². The third kappa shape index (κ3) is 3.87. The maximum Gasteiger partial charge on any atom is 0.416 e. The van der Waals surface area contributed by atoms with Crippen molar-refractivity contribution < 1.29 is 18.0 Å². The van der Waals surface area contributed by atoms with E-state index >= 15 is 0 Å². The number of thioether (sulfide) groups is 1. The van der Waals surface area contributed by atoms with Crippen LogP contribution in [0.15, 0.2) is 34.2 Å². The Kier molecular flexibility index (Phi) is 5.32. The number of hydrogen-bond donors (Lipinski definition) is 1. The second-order valence-electron chi connectivity index (χ2n) is 6.29. The number of fused-ring (bicyclic) bond motifs is 1. The average molecular weight is 397 g/mol. The van der Waals surface area contributed by atoms with Crippen LogP contribution in [0.4, 0.5) is 19.0 Å². The summed E-state index contributed by atoms with van der Waals surface area (Å²) in [5.74, 6) is 0.206. The topological polar surface area (TPSA) is 64.0 Å². The number of hydrogen-bond acceptors (Lipinski definition) is 4. The molecule has 144 valence electrons. The molecule has 0 unspecified atom stereocenters. The van der Waals surface area contributed by atoms with Crippen LogP contribution in [0.1, 0.15) is 42.4 Å². The molecular weight excluding hydrogens is 379 g/mol. The Morgan fingerprint density at radius 2 is 1.93 bits per heavy atom. The van der Waals surface area contributed by atoms with Gasteiger partial charge in [-0.25, -0.2) is 0 Å². The molecule has 1 aliphatic heterocycles. The van der Waals surface area contributed by atoms with Gasteiger partial charge in [0.25, 0.3) is 5.56 Å². The minimum atomic E-state index is -4.44. The molecule has 0 aliphatic carbocycles. The monoisotopic (exact) mass is 397 g/mol. The van der Waals surface area contributed by atoms with Crippen LogP contribution in [0, 0.1) is 0 Å². The molecule has 9 heteroatoms. The Morgan fingerprint density at radius 1 is 1.26 bits per heavy atom. The summed E-state index contributed by atoms with van der Waals surface area (Å²) in [6.07, 6.45) is -3.56. The van der Waals surface area contributed by atoms with E-state index in [0.717, 1.165) is 24.3 Å². The van der Waals surface area contributed by atoms with Crippen LogP contribution >= 0.6 is 11.8 Å². The van der Waals surface area contributed by atoms with Gasteiger partial charge in [0.05, 0.1) is 11.1 Å². The lowest BCUT2D eigenvalue weighted by atomic mass is 9.86. The van der Waals surface area contributed by atoms with E-state index in [-0.39, 0.29) is 12.3 Å². The van der Waals surface area contributed by atoms with Crippen LogP contribution in [0.25, 0.3) is 0 Å². The molecular formula is C18H18F3N3O2S. The van der Waals surface area contributed by atoms with E-state index in [1.165, 1.54) is 23.9 Å². The van der Waals surface area contributed by atoms with Gasteiger partial charge >= 0.3 is 6.18 Å². The lowest BCUT2D eigenvalue weighted by Crippen LogP contribution is -2.33. The third-order valence-corrected chi connectivity index (χ3v) is 5.61. The molecule has 2 aromatic rings. The van der Waals surface area contributed by atoms with E-state index in [4.69, 9.17) is 0 Å². The molecule has 3 rings (SSSR count). The number of nitrogens with one attached hydrogen (secondary N) is 1. The molecule has 1 aromatic heterocycles. The van der Waals surface area contributed by atoms with Crippen LogP contribution in [-0.4, -0.2) is 21.2 Å². The fourth-order valence-electron chi connectivity index (χ4n) is 3.05. The van der Waals surface area contributed by atoms with Crippen molar-refractivity contribution in [1.29, 1.82) is 0 Å². The number of rotatable bonds is 4. The van der Waals surface area contributed by atoms with Gasteiger partial charge in [0.15, 0.2) is 5.16 Å². The summed E-state index contributed by atoms with van der Waals surface area (Å²) >= 11 is 1.41. The lowest BCUT2D eigenvalue weighted by molar-refractivity contribution is -0.137. The number of anilines is 1. The Hall–Kier alpha value is -2.29. The number of amides is 1. The number of halogens is 3. The first-order chi connectivity index (χ1) is 12.7. The highest BCUT2D eigenvalue weighted by Crippen LogP contribution is 2.37. The molecule has 1 amide bonds. The van der Waals surface area contributed by atoms with Gasteiger partial charge in [0.2, 0.25) is 5.91 Å². The number of aromatic nitrogens is 2. The zero-order valence-electron chi connectivity index (χ0n) is 14.8. The van der Waals surface area contributed by atoms with Gasteiger partial charge in [0, 0.05) is 25.1 Å². The van der Waals surface area contributed by atoms with Crippen LogP contribution in [0.2, 0.25) is 0 Å². The summed E-state index contributed by atoms with van der Waals surface area (Å²) in [6, 6.07) is 4.56. The van der Waals surface area contributed by atoms with Crippen molar-refractivity contribution in [2.75, 3.05) is 11.1 Å². The van der Waals surface area contributed by atoms with E-state index in [1.807, 2.05) is 6.92 Å². The van der Waals surface area contributed by atoms with Gasteiger partial charge in [-0.1, -0.05) is 30.8 Å². The maximum atomic E-state index is 12.8. The highest BCUT2D eigenvalue weighted by atomic mass is 32.2. The molecule has 0 saturated heterocycles. The number of carbonyl (C=O) groups excluding carboxylic acids is 1. The molecule has 27 heavy (non-hydrogen) atoms. The predicted octanol–water partition coefficient (Wildman–Crippen LogP) is 3.78. The summed E-state index contributed by atoms with van der Waals surface area (Å²) in [5.41, 5.74) is -0.458. The molecule has 2 heterocycles. The van der Waals surface area contributed by atoms with Gasteiger partial charge in [-0.3, -0.25) is 9.59 Å². The molecule has 5 nitrogen and oxygen atoms in total. The Bertz CT molecular complexity index is 923. The minimum Gasteiger partial charge on any atom is -0.312 e. The van der Waals surface area contributed by atoms with Crippen LogP contribution in [0.5, 0.6) is 0 Å². The summed E-state index contributed by atoms with van der Waals surface area (Å²) in [6.45, 7) is 2.01. The van der Waals surface area contributed by atoms with Crippen molar-refractivity contribution in [3.05, 3.63) is 51.3 Å². The molecule has 1 aromatic carbocycles. The smallest absolute Gasteiger partial charge is 0.312 e. The maximum absolute atomic E-state index is 12.8. The summed E-state index contributed by atoms with van der Waals surface area (Å²) < 4.78 is 40.0. The van der Waals surface area contributed by atoms with Gasteiger partial charge in [-0.05, 0) is 24.1 Å². The van der Waals surface area contributed by atoms with E-state index in [9.17, 15) is 22.8 Å². The Balaban J connectivity index is 2.07. The van der Waals surface area contributed by atoms with Gasteiger partial charge < -0.3 is 9.88 Å². The molecule has 1 aliphatic rings. The van der Waals surface area contributed by atoms with Gasteiger partial charge in [0.1, 0.15) is 5.82 Å². The standard InChI is InChI=1S/C18H18F3N3O2S/c1-3-8-27-17-23-16(26)14-12(9-13(25)22-15(14)24(17)2)10-4-6-11(7-5-10)18(19,20)21/h4-7,12H,3,8-9H2,1-2H3,(H,22,25)/t12-/m0/s1. The molecule has 0 spiro atoms. The number of carbonyl (C=O) groups is 1. The molecule has 0 radical (unpaired) electrons. The normalized spacial score (nSPS) is 16.8. The minimum absolute atomic E-state index is 0.0171. The second-order valence-corrected chi connectivity index (χ2v) is 7.36. The quantitative estimate of drug-likeness (QED) is 0.630. The summed E-state index contributed by atoms with van der Waals surface area (Å²) in [7, 11) is 1.71. The van der Waals surface area contributed by atoms with Crippen LogP contribution < -0.4 is 10.9 Å². The fourth-order valence-corrected chi connectivity index (χ4v) is 3.87. The zero-order valence-corrected chi connectivity index (χ0v) is 15.6. The summed E-state index contributed by atoms with van der Waals surface area (Å²) in [4.78, 5) is 29.0. The van der Waals surface area contributed by atoms with Crippen molar-refractivity contribution in [2.24, 2.45) is 7.05 Å². The highest BCUT2D eigenvalue weighted by Gasteiger charge is 2.34. The summed E-state index contributed by atoms with van der Waals surface area (Å²) in [5, 5.41) is 3.21. The molecule has 0 bridgehead atoms. The molecule has 1 atom stereocenters. The Morgan fingerprint density at radius 3 is 2.52 bits per heavy atom. The van der Waals surface area contributed by atoms with E-state index < -0.39 is 23.2 Å². The van der Waals surface area contributed by atoms with Crippen molar-refractivity contribution in [3.8, 4) is 0 Å². The number of nitrogens with zero attached hydrogens (tertiary/aromatic N) is 2. The highest BCUT2D eigenvalue weighted by molar-refractivity contribution is 7.99. The zero-order chi connectivity index (χ0) is 19.8. The van der Waals surface area contributed by atoms with E-state index in [2.05, 4.69) is 10.3 Å². The first kappa shape index (κ1) is 19.5. The largest absolute Gasteiger partial charge is 0.416 e. The molecule has 1 N–H and O–H groups in total. The Labute approximate surface area is 158 Å². The van der Waals surface area contributed by atoms with Gasteiger partial charge in [-0.15, -0.1) is 0 Å². The van der Waals surface area contributed by atoms with Crippen molar-refractivity contribution in [3.63, 3.8) is 0 Å². The first-order valence-electron chi connectivity index (χ1n) is 8.43. The van der Waals surface area contributed by atoms with Crippen molar-refractivity contribution in [1.82, 2.24) is 9.55 Å². The van der Waals surface area contributed by atoms with E-state index in [0.29, 0.717) is 22.1 Å². The van der Waals surface area contributed by atoms with Crippen molar-refractivity contribution in [2.45, 2.75) is 37.0 Å². The molecule has 0 saturated carbocycles. The van der Waals surface area contributed by atoms with Crippen molar-refractivity contribution >= 4 is 23.5 Å². The van der Waals surface area contributed by atoms with E-state index in [1.54, 1.807) is 11.6 Å². The third-order valence-electron chi connectivity index (χ3n) is 4.38. The first-order valence-corrected chi connectivity index (χ1v) is 9.41. The average Bonchev–Trinajstić information content (AvgIpc) is 2.62. The lowest BCUT2D eigenvalue weighted by Gasteiger charge is -2.27. The van der Waals surface area contributed by atoms with Gasteiger partial charge in [-0.2, -0.15) is 18.2 Å². The van der Waals surface area contributed by atoms with Crippen LogP contribution in [0.3, 0.4) is 0 Å². The number of benzene rings is 1. The molecule has 0 fully saturated rings. The second kappa shape index (κ2) is 7.38. The predicted molar refractivity (Wildman–Crippen MR) is 97.0 cm³/mol. The fraction of sp³-hybridized carbons (Fsp3) is 0.389. The number of alkyl halides is 3. The SMILES string of the molecule is CCCSc1nc(=O)c2c(n1C)NC(=O)C[C@H]2c1ccc(C(F)(F)F)cc1.